The van der Waals surface area contributed by atoms with Gasteiger partial charge in [-0.3, -0.25) is 4.79 Å². The average Bonchev–Trinajstić information content (AvgIpc) is 3.24. The minimum absolute atomic E-state index is 0.212. The molecule has 6 heteroatoms. The third-order valence-corrected chi connectivity index (χ3v) is 3.43. The van der Waals surface area contributed by atoms with Gasteiger partial charge in [-0.25, -0.2) is 0 Å². The highest BCUT2D eigenvalue weighted by Gasteiger charge is 2.14. The van der Waals surface area contributed by atoms with E-state index in [1.807, 2.05) is 24.3 Å². The van der Waals surface area contributed by atoms with Crippen LogP contribution in [0.15, 0.2) is 47.1 Å². The maximum Gasteiger partial charge on any atom is 0.244 e. The first-order valence-electron chi connectivity index (χ1n) is 7.18. The number of nitrogens with one attached hydrogen (secondary N) is 1. The minimum Gasteiger partial charge on any atom is -0.467 e. The molecular formula is C17H17NO5. The van der Waals surface area contributed by atoms with Gasteiger partial charge < -0.3 is 23.9 Å². The number of rotatable bonds is 6. The van der Waals surface area contributed by atoms with Gasteiger partial charge in [-0.05, 0) is 35.9 Å². The summed E-state index contributed by atoms with van der Waals surface area (Å²) in [6.45, 7) is 0.558. The van der Waals surface area contributed by atoms with E-state index in [1.165, 1.54) is 6.08 Å². The smallest absolute Gasteiger partial charge is 0.244 e. The Bertz CT molecular complexity index is 693. The van der Waals surface area contributed by atoms with E-state index < -0.39 is 0 Å². The quantitative estimate of drug-likeness (QED) is 0.830. The lowest BCUT2D eigenvalue weighted by atomic mass is 10.2. The number of methoxy groups -OCH3 is 1. The predicted molar refractivity (Wildman–Crippen MR) is 83.1 cm³/mol. The molecule has 2 heterocycles. The Morgan fingerprint density at radius 2 is 2.22 bits per heavy atom. The van der Waals surface area contributed by atoms with Crippen LogP contribution >= 0.6 is 0 Å². The number of carbonyl (C=O) groups is 1. The molecule has 1 unspecified atom stereocenters. The summed E-state index contributed by atoms with van der Waals surface area (Å²) in [4.78, 5) is 11.9. The SMILES string of the molecule is COC(CNC(=O)/C=C/c1ccc2c(c1)OCO2)c1ccco1. The van der Waals surface area contributed by atoms with Gasteiger partial charge in [0.25, 0.3) is 0 Å². The molecule has 23 heavy (non-hydrogen) atoms. The molecule has 120 valence electrons. The van der Waals surface area contributed by atoms with Crippen LogP contribution in [0.3, 0.4) is 0 Å². The molecular weight excluding hydrogens is 298 g/mol. The Kier molecular flexibility index (Phi) is 4.63. The molecule has 0 aliphatic carbocycles. The van der Waals surface area contributed by atoms with Gasteiger partial charge in [0.15, 0.2) is 11.5 Å². The first kappa shape index (κ1) is 15.2. The topological polar surface area (TPSA) is 69.9 Å². The minimum atomic E-state index is -0.312. The number of amides is 1. The monoisotopic (exact) mass is 315 g/mol. The molecule has 0 spiro atoms. The molecule has 1 aromatic heterocycles. The van der Waals surface area contributed by atoms with E-state index in [9.17, 15) is 4.79 Å². The van der Waals surface area contributed by atoms with E-state index >= 15 is 0 Å². The fourth-order valence-corrected chi connectivity index (χ4v) is 2.22. The van der Waals surface area contributed by atoms with Crippen LogP contribution in [-0.2, 0) is 9.53 Å². The molecule has 1 aliphatic heterocycles. The van der Waals surface area contributed by atoms with E-state index in [2.05, 4.69) is 5.32 Å². The van der Waals surface area contributed by atoms with E-state index in [4.69, 9.17) is 18.6 Å². The molecule has 1 N–H and O–H groups in total. The maximum atomic E-state index is 11.9. The summed E-state index contributed by atoms with van der Waals surface area (Å²) >= 11 is 0. The van der Waals surface area contributed by atoms with Crippen LogP contribution in [0.2, 0.25) is 0 Å². The Balaban J connectivity index is 1.54. The molecule has 1 amide bonds. The van der Waals surface area contributed by atoms with Gasteiger partial charge in [-0.2, -0.15) is 0 Å². The van der Waals surface area contributed by atoms with Crippen molar-refractivity contribution in [1.82, 2.24) is 5.32 Å². The molecule has 1 atom stereocenters. The van der Waals surface area contributed by atoms with Crippen LogP contribution in [0.5, 0.6) is 11.5 Å². The Morgan fingerprint density at radius 3 is 3.00 bits per heavy atom. The van der Waals surface area contributed by atoms with E-state index in [0.29, 0.717) is 23.8 Å². The molecule has 0 fully saturated rings. The Hall–Kier alpha value is -2.73. The fourth-order valence-electron chi connectivity index (χ4n) is 2.22. The van der Waals surface area contributed by atoms with Crippen molar-refractivity contribution in [2.24, 2.45) is 0 Å². The molecule has 0 saturated heterocycles. The second-order valence-corrected chi connectivity index (χ2v) is 4.93. The van der Waals surface area contributed by atoms with Crippen LogP contribution in [0, 0.1) is 0 Å². The van der Waals surface area contributed by atoms with Crippen LogP contribution < -0.4 is 14.8 Å². The summed E-state index contributed by atoms with van der Waals surface area (Å²) in [5.41, 5.74) is 0.860. The summed E-state index contributed by atoms with van der Waals surface area (Å²) in [5, 5.41) is 2.78. The molecule has 2 aromatic rings. The van der Waals surface area contributed by atoms with Gasteiger partial charge in [0.1, 0.15) is 11.9 Å². The molecule has 1 aromatic carbocycles. The lowest BCUT2D eigenvalue weighted by Gasteiger charge is -2.12. The lowest BCUT2D eigenvalue weighted by Crippen LogP contribution is -2.27. The van der Waals surface area contributed by atoms with Crippen molar-refractivity contribution in [2.45, 2.75) is 6.10 Å². The molecule has 0 radical (unpaired) electrons. The zero-order valence-corrected chi connectivity index (χ0v) is 12.7. The highest BCUT2D eigenvalue weighted by Crippen LogP contribution is 2.32. The van der Waals surface area contributed by atoms with E-state index in [1.54, 1.807) is 25.5 Å². The molecule has 3 rings (SSSR count). The van der Waals surface area contributed by atoms with Crippen molar-refractivity contribution in [1.29, 1.82) is 0 Å². The average molecular weight is 315 g/mol. The van der Waals surface area contributed by atoms with Crippen molar-refractivity contribution in [3.63, 3.8) is 0 Å². The summed E-state index contributed by atoms with van der Waals surface area (Å²) < 4.78 is 21.1. The molecule has 6 nitrogen and oxygen atoms in total. The first-order chi connectivity index (χ1) is 11.3. The number of carbonyl (C=O) groups excluding carboxylic acids is 1. The highest BCUT2D eigenvalue weighted by atomic mass is 16.7. The highest BCUT2D eigenvalue weighted by molar-refractivity contribution is 5.91. The largest absolute Gasteiger partial charge is 0.467 e. The third-order valence-electron chi connectivity index (χ3n) is 3.43. The first-order valence-corrected chi connectivity index (χ1v) is 7.18. The summed E-state index contributed by atoms with van der Waals surface area (Å²) in [7, 11) is 1.57. The Labute approximate surface area is 133 Å². The van der Waals surface area contributed by atoms with Crippen molar-refractivity contribution in [3.8, 4) is 11.5 Å². The summed E-state index contributed by atoms with van der Waals surface area (Å²) in [6, 6.07) is 9.09. The number of hydrogen-bond donors (Lipinski definition) is 1. The van der Waals surface area contributed by atoms with Crippen molar-refractivity contribution < 1.29 is 23.4 Å². The number of ether oxygens (including phenoxy) is 3. The maximum absolute atomic E-state index is 11.9. The van der Waals surface area contributed by atoms with Crippen molar-refractivity contribution in [3.05, 3.63) is 54.0 Å². The van der Waals surface area contributed by atoms with Crippen LogP contribution in [0.1, 0.15) is 17.4 Å². The van der Waals surface area contributed by atoms with Gasteiger partial charge in [0.05, 0.1) is 12.8 Å². The van der Waals surface area contributed by atoms with Gasteiger partial charge in [-0.15, -0.1) is 0 Å². The van der Waals surface area contributed by atoms with Crippen LogP contribution in [0.4, 0.5) is 0 Å². The number of hydrogen-bond acceptors (Lipinski definition) is 5. The normalized spacial score (nSPS) is 14.1. The second kappa shape index (κ2) is 7.02. The summed E-state index contributed by atoms with van der Waals surface area (Å²) in [5.74, 6) is 1.86. The lowest BCUT2D eigenvalue weighted by molar-refractivity contribution is -0.117. The van der Waals surface area contributed by atoms with Gasteiger partial charge in [0.2, 0.25) is 12.7 Å². The number of fused-ring (bicyclic) bond motifs is 1. The predicted octanol–water partition coefficient (Wildman–Crippen LogP) is 2.53. The fraction of sp³-hybridized carbons (Fsp3) is 0.235. The molecule has 0 saturated carbocycles. The van der Waals surface area contributed by atoms with Gasteiger partial charge >= 0.3 is 0 Å². The van der Waals surface area contributed by atoms with E-state index in [0.717, 1.165) is 5.56 Å². The molecule has 1 aliphatic rings. The van der Waals surface area contributed by atoms with Crippen molar-refractivity contribution >= 4 is 12.0 Å². The van der Waals surface area contributed by atoms with Crippen LogP contribution in [-0.4, -0.2) is 26.4 Å². The van der Waals surface area contributed by atoms with Gasteiger partial charge in [-0.1, -0.05) is 6.07 Å². The molecule has 0 bridgehead atoms. The van der Waals surface area contributed by atoms with Crippen LogP contribution in [0.25, 0.3) is 6.08 Å². The third kappa shape index (κ3) is 3.73. The van der Waals surface area contributed by atoms with Gasteiger partial charge in [0, 0.05) is 13.2 Å². The number of benzene rings is 1. The summed E-state index contributed by atoms with van der Waals surface area (Å²) in [6.07, 6.45) is 4.44. The van der Waals surface area contributed by atoms with E-state index in [-0.39, 0.29) is 18.8 Å². The number of furan rings is 1. The zero-order valence-electron chi connectivity index (χ0n) is 12.7. The standard InChI is InChI=1S/C17H17NO5/c1-20-16(13-3-2-8-21-13)10-18-17(19)7-5-12-4-6-14-15(9-12)23-11-22-14/h2-9,16H,10-11H2,1H3,(H,18,19)/b7-5+. The Morgan fingerprint density at radius 1 is 1.35 bits per heavy atom. The van der Waals surface area contributed by atoms with Crippen molar-refractivity contribution in [2.75, 3.05) is 20.4 Å². The zero-order chi connectivity index (χ0) is 16.1. The second-order valence-electron chi connectivity index (χ2n) is 4.93.